The number of carboxylic acids is 2. The zero-order valence-corrected chi connectivity index (χ0v) is 24.8. The van der Waals surface area contributed by atoms with Crippen molar-refractivity contribution >= 4 is 22.9 Å². The molecule has 2 aromatic carbocycles. The van der Waals surface area contributed by atoms with Crippen LogP contribution in [0, 0.1) is 5.92 Å². The largest absolute Gasteiger partial charge is 0.488 e. The summed E-state index contributed by atoms with van der Waals surface area (Å²) >= 11 is 0. The number of carbonyl (C=O) groups is 2. The van der Waals surface area contributed by atoms with Crippen molar-refractivity contribution in [3.8, 4) is 5.75 Å². The van der Waals surface area contributed by atoms with Crippen molar-refractivity contribution in [3.63, 3.8) is 0 Å². The van der Waals surface area contributed by atoms with Crippen LogP contribution in [0.3, 0.4) is 0 Å². The van der Waals surface area contributed by atoms with E-state index in [4.69, 9.17) is 28.9 Å². The van der Waals surface area contributed by atoms with Gasteiger partial charge in [0.15, 0.2) is 11.9 Å². The highest BCUT2D eigenvalue weighted by atomic mass is 16.7. The molecule has 3 aromatic rings. The SMILES string of the molecule is CN(C)Cc1c(OCc2ccccc2)ccc2c(CCC3CCN(CC4OCCO4)CC3)noc12.O=C(O)C=CC(=O)O. The number of piperidine rings is 1. The molecule has 0 unspecified atom stereocenters. The van der Waals surface area contributed by atoms with Gasteiger partial charge in [-0.1, -0.05) is 35.5 Å². The van der Waals surface area contributed by atoms with E-state index in [0.717, 1.165) is 91.7 Å². The average molecular weight is 596 g/mol. The summed E-state index contributed by atoms with van der Waals surface area (Å²) in [5.41, 5.74) is 4.12. The van der Waals surface area contributed by atoms with Gasteiger partial charge in [-0.3, -0.25) is 4.90 Å². The van der Waals surface area contributed by atoms with Gasteiger partial charge in [-0.15, -0.1) is 0 Å². The second-order valence-electron chi connectivity index (χ2n) is 11.0. The molecule has 2 aliphatic heterocycles. The van der Waals surface area contributed by atoms with Crippen molar-refractivity contribution in [2.45, 2.75) is 45.1 Å². The van der Waals surface area contributed by atoms with Crippen molar-refractivity contribution < 1.29 is 38.5 Å². The van der Waals surface area contributed by atoms with Crippen LogP contribution in [0.4, 0.5) is 0 Å². The van der Waals surface area contributed by atoms with Crippen LogP contribution in [-0.2, 0) is 38.6 Å². The smallest absolute Gasteiger partial charge is 0.328 e. The Morgan fingerprint density at radius 1 is 1.02 bits per heavy atom. The van der Waals surface area contributed by atoms with Gasteiger partial charge in [-0.2, -0.15) is 0 Å². The van der Waals surface area contributed by atoms with Gasteiger partial charge >= 0.3 is 11.9 Å². The van der Waals surface area contributed by atoms with E-state index in [2.05, 4.69) is 53.3 Å². The Morgan fingerprint density at radius 3 is 2.33 bits per heavy atom. The molecule has 0 amide bonds. The fourth-order valence-corrected chi connectivity index (χ4v) is 5.27. The first kappa shape index (κ1) is 32.2. The molecule has 0 atom stereocenters. The Hall–Kier alpha value is -3.77. The highest BCUT2D eigenvalue weighted by Gasteiger charge is 2.25. The number of likely N-dealkylation sites (tertiary alicyclic amines) is 1. The highest BCUT2D eigenvalue weighted by molar-refractivity contribution is 5.89. The Labute approximate surface area is 251 Å². The summed E-state index contributed by atoms with van der Waals surface area (Å²) in [6.45, 7) is 5.84. The van der Waals surface area contributed by atoms with Gasteiger partial charge in [0.05, 0.1) is 24.5 Å². The Kier molecular flexibility index (Phi) is 12.1. The molecule has 1 aromatic heterocycles. The van der Waals surface area contributed by atoms with Crippen LogP contribution in [0.25, 0.3) is 11.0 Å². The molecule has 5 rings (SSSR count). The van der Waals surface area contributed by atoms with E-state index in [0.29, 0.717) is 18.8 Å². The van der Waals surface area contributed by atoms with E-state index in [1.807, 2.05) is 18.2 Å². The van der Waals surface area contributed by atoms with E-state index in [1.54, 1.807) is 0 Å². The highest BCUT2D eigenvalue weighted by Crippen LogP contribution is 2.33. The summed E-state index contributed by atoms with van der Waals surface area (Å²) in [6, 6.07) is 14.4. The first-order valence-corrected chi connectivity index (χ1v) is 14.6. The predicted molar refractivity (Wildman–Crippen MR) is 160 cm³/mol. The number of benzene rings is 2. The van der Waals surface area contributed by atoms with Gasteiger partial charge in [0.1, 0.15) is 12.4 Å². The predicted octanol–water partition coefficient (Wildman–Crippen LogP) is 4.20. The zero-order valence-electron chi connectivity index (χ0n) is 24.8. The monoisotopic (exact) mass is 595 g/mol. The lowest BCUT2D eigenvalue weighted by molar-refractivity contribution is -0.134. The number of ether oxygens (including phenoxy) is 3. The molecule has 2 aliphatic rings. The van der Waals surface area contributed by atoms with Crippen LogP contribution in [0.15, 0.2) is 59.1 Å². The lowest BCUT2D eigenvalue weighted by Crippen LogP contribution is -2.39. The molecule has 0 radical (unpaired) electrons. The van der Waals surface area contributed by atoms with Gasteiger partial charge in [-0.25, -0.2) is 9.59 Å². The number of rotatable bonds is 12. The summed E-state index contributed by atoms with van der Waals surface area (Å²) in [7, 11) is 4.13. The van der Waals surface area contributed by atoms with E-state index in [-0.39, 0.29) is 6.29 Å². The number of hydrogen-bond donors (Lipinski definition) is 2. The van der Waals surface area contributed by atoms with Gasteiger partial charge in [-0.05, 0) is 76.5 Å². The minimum Gasteiger partial charge on any atom is -0.488 e. The molecule has 0 spiro atoms. The fourth-order valence-electron chi connectivity index (χ4n) is 5.27. The van der Waals surface area contributed by atoms with Gasteiger partial charge < -0.3 is 33.8 Å². The van der Waals surface area contributed by atoms with Gasteiger partial charge in [0.25, 0.3) is 0 Å². The van der Waals surface area contributed by atoms with Crippen LogP contribution in [0.2, 0.25) is 0 Å². The number of aryl methyl sites for hydroxylation is 1. The molecule has 43 heavy (non-hydrogen) atoms. The van der Waals surface area contributed by atoms with E-state index in [9.17, 15) is 9.59 Å². The molecule has 2 fully saturated rings. The lowest BCUT2D eigenvalue weighted by Gasteiger charge is -2.32. The van der Waals surface area contributed by atoms with Crippen molar-refractivity contribution in [2.24, 2.45) is 5.92 Å². The number of aromatic nitrogens is 1. The maximum absolute atomic E-state index is 9.55. The van der Waals surface area contributed by atoms with Crippen LogP contribution in [0.5, 0.6) is 5.75 Å². The van der Waals surface area contributed by atoms with E-state index in [1.165, 1.54) is 12.8 Å². The molecule has 11 heteroatoms. The summed E-state index contributed by atoms with van der Waals surface area (Å²) in [4.78, 5) is 23.7. The molecule has 0 aliphatic carbocycles. The summed E-state index contributed by atoms with van der Waals surface area (Å²) < 4.78 is 23.3. The third-order valence-electron chi connectivity index (χ3n) is 7.45. The van der Waals surface area contributed by atoms with Crippen LogP contribution in [-0.4, -0.2) is 90.3 Å². The first-order valence-electron chi connectivity index (χ1n) is 14.6. The minimum atomic E-state index is -1.26. The van der Waals surface area contributed by atoms with Crippen molar-refractivity contribution in [1.82, 2.24) is 15.0 Å². The third kappa shape index (κ3) is 10.2. The van der Waals surface area contributed by atoms with Crippen LogP contribution >= 0.6 is 0 Å². The molecular formula is C32H41N3O8. The summed E-state index contributed by atoms with van der Waals surface area (Å²) in [5.74, 6) is -0.932. The van der Waals surface area contributed by atoms with Crippen molar-refractivity contribution in [2.75, 3.05) is 46.9 Å². The molecule has 0 saturated carbocycles. The number of aliphatic carboxylic acids is 2. The normalized spacial score (nSPS) is 16.5. The van der Waals surface area contributed by atoms with Crippen molar-refractivity contribution in [1.29, 1.82) is 0 Å². The Bertz CT molecular complexity index is 1330. The maximum atomic E-state index is 9.55. The molecule has 232 valence electrons. The van der Waals surface area contributed by atoms with Crippen LogP contribution < -0.4 is 4.74 Å². The molecule has 3 heterocycles. The summed E-state index contributed by atoms with van der Waals surface area (Å²) in [5, 5.41) is 21.2. The second-order valence-corrected chi connectivity index (χ2v) is 11.0. The fraction of sp³-hybridized carbons (Fsp3) is 0.469. The summed E-state index contributed by atoms with van der Waals surface area (Å²) in [6.07, 6.45) is 5.59. The van der Waals surface area contributed by atoms with Gasteiger partial charge in [0, 0.05) is 30.6 Å². The average Bonchev–Trinajstić information content (AvgIpc) is 3.66. The Morgan fingerprint density at radius 2 is 1.70 bits per heavy atom. The number of nitrogens with zero attached hydrogens (tertiary/aromatic N) is 3. The first-order chi connectivity index (χ1) is 20.8. The van der Waals surface area contributed by atoms with E-state index < -0.39 is 11.9 Å². The molecular weight excluding hydrogens is 554 g/mol. The molecule has 2 N–H and O–H groups in total. The number of carboxylic acid groups (broad SMARTS) is 2. The quantitative estimate of drug-likeness (QED) is 0.292. The van der Waals surface area contributed by atoms with E-state index >= 15 is 0 Å². The van der Waals surface area contributed by atoms with Crippen molar-refractivity contribution in [3.05, 3.63) is 71.4 Å². The second kappa shape index (κ2) is 16.2. The number of hydrogen-bond acceptors (Lipinski definition) is 9. The standard InChI is InChI=1S/C28H37N3O4.C4H4O4/c1-30(2)18-24-26(34-20-22-6-4-3-5-7-22)11-9-23-25(29-35-28(23)24)10-8-21-12-14-31(15-13-21)19-27-32-16-17-33-27;5-3(6)1-2-4(7)8/h3-7,9,11,21,27H,8,10,12-20H2,1-2H3;1-2H,(H,5,6)(H,7,8). The molecule has 11 nitrogen and oxygen atoms in total. The molecule has 0 bridgehead atoms. The zero-order chi connectivity index (χ0) is 30.6. The molecule has 2 saturated heterocycles. The minimum absolute atomic E-state index is 0.0361. The van der Waals surface area contributed by atoms with Crippen LogP contribution in [0.1, 0.15) is 36.1 Å². The Balaban J connectivity index is 0.000000467. The maximum Gasteiger partial charge on any atom is 0.328 e. The number of fused-ring (bicyclic) bond motifs is 1. The third-order valence-corrected chi connectivity index (χ3v) is 7.45. The topological polar surface area (TPSA) is 135 Å². The lowest BCUT2D eigenvalue weighted by atomic mass is 9.91. The van der Waals surface area contributed by atoms with Gasteiger partial charge in [0.2, 0.25) is 0 Å².